The van der Waals surface area contributed by atoms with E-state index in [9.17, 15) is 87.5 Å². The quantitative estimate of drug-likeness (QED) is 0.0386. The second kappa shape index (κ2) is 54.8. The van der Waals surface area contributed by atoms with Gasteiger partial charge in [0.1, 0.15) is 49.0 Å². The number of halogens is 1. The van der Waals surface area contributed by atoms with Crippen molar-refractivity contribution in [3.05, 3.63) is 79.2 Å². The summed E-state index contributed by atoms with van der Waals surface area (Å²) in [5.41, 5.74) is 21.9. The predicted molar refractivity (Wildman–Crippen MR) is 436 cm³/mol. The van der Waals surface area contributed by atoms with Crippen molar-refractivity contribution in [3.8, 4) is 0 Å². The number of ether oxygens (including phenoxy) is 3. The molecular weight excluding hydrogens is 1640 g/mol. The zero-order chi connectivity index (χ0) is 81.0. The number of aliphatic hydroxyl groups excluding tert-OH is 4. The van der Waals surface area contributed by atoms with E-state index in [-0.39, 0.29) is 144 Å². The van der Waals surface area contributed by atoms with Crippen molar-refractivity contribution in [2.45, 2.75) is 246 Å². The first kappa shape index (κ1) is 112. The number of nitrogens with zero attached hydrogens (tertiary/aromatic N) is 5. The van der Waals surface area contributed by atoms with Crippen LogP contribution in [0.5, 0.6) is 0 Å². The molecule has 9 rings (SSSR count). The summed E-state index contributed by atoms with van der Waals surface area (Å²) in [7, 11) is 0. The number of hydrogen-bond donors (Lipinski definition) is 13. The molecule has 7 aliphatic rings. The molecule has 17 N–H and O–H groups in total. The Hall–Kier alpha value is -8.12. The van der Waals surface area contributed by atoms with Crippen molar-refractivity contribution in [1.29, 1.82) is 0 Å². The first-order valence-corrected chi connectivity index (χ1v) is 37.2. The number of amides is 11. The molecule has 0 saturated carbocycles. The molecular formula is C78H131ClN13O22PdS-. The fraction of sp³-hybridized carbons (Fsp3) is 0.654. The number of aliphatic hydroxyl groups is 4. The normalized spacial score (nSPS) is 21.5. The maximum Gasteiger partial charge on any atom is 0.410 e. The van der Waals surface area contributed by atoms with E-state index in [0.29, 0.717) is 90.6 Å². The number of aliphatic carboxylic acids is 1. The molecule has 0 aliphatic carbocycles. The first-order chi connectivity index (χ1) is 51.4. The van der Waals surface area contributed by atoms with Crippen molar-refractivity contribution in [3.63, 3.8) is 0 Å². The molecule has 7 aliphatic heterocycles. The maximum absolute atomic E-state index is 13.0. The van der Waals surface area contributed by atoms with E-state index in [2.05, 4.69) is 21.3 Å². The van der Waals surface area contributed by atoms with E-state index in [0.717, 1.165) is 49.9 Å². The Kier molecular flexibility index (Phi) is 52.9. The van der Waals surface area contributed by atoms with Gasteiger partial charge in [-0.15, -0.1) is 12.4 Å². The zero-order valence-corrected chi connectivity index (χ0v) is 68.9. The van der Waals surface area contributed by atoms with E-state index in [4.69, 9.17) is 42.3 Å². The van der Waals surface area contributed by atoms with Crippen LogP contribution in [0.4, 0.5) is 14.4 Å². The Morgan fingerprint density at radius 3 is 1.26 bits per heavy atom. The van der Waals surface area contributed by atoms with Gasteiger partial charge in [-0.3, -0.25) is 57.7 Å². The molecule has 11 amide bonds. The van der Waals surface area contributed by atoms with Gasteiger partial charge in [0.2, 0.25) is 47.3 Å². The van der Waals surface area contributed by atoms with Crippen molar-refractivity contribution in [2.75, 3.05) is 58.9 Å². The molecule has 0 unspecified atom stereocenters. The minimum absolute atomic E-state index is 0. The number of carbonyl (C=O) groups excluding carboxylic acids is 13. The van der Waals surface area contributed by atoms with Crippen LogP contribution < -0.4 is 44.2 Å². The van der Waals surface area contributed by atoms with Gasteiger partial charge in [0.15, 0.2) is 11.6 Å². The van der Waals surface area contributed by atoms with Crippen molar-refractivity contribution >= 4 is 109 Å². The molecule has 0 bridgehead atoms. The standard InChI is InChI=1S/C19H32N4O6.C18H24N2O5.C14H24N4O4.C13H15NO4.C10H18N2O3.3CH4.CH3.ClH.Pd.H2S/c1-11(24)14(15(20)25)21-16(26)13-6-5-8-23(13)17(27)12-7-9-22(10-12)18(28)29-19(2,3)4;1-12(21)14(17(19)23)10-16(22)15-8-5-9-20(15)18(24)25-11-13-6-3-2-4-7-13;1-8(19)11(12(15)20)17-13(21)10-3-2-6-18(10)14(22)9-4-5-16-7-9;15-12(16)11-7-4-8-14(11)13(17)18-9-10-5-2-1-3-6-10;1-6(13)7(10(11)15)5-9(14)8-3-2-4-12-8;;;;;;;/h11-14,24H,5-10H2,1-4H3,(H2,20,25)(H,21,26);2-4,6-7,12,14-15,21H,5,8-11H2,1H3,(H2,19,23);8-11,16,19H,2-7H2,1H3,(H2,15,20)(H,17,21);1-3,5-6,11H,4,7-9H2,(H,15,16);6-8,12-13H,2-5H2,1H3,(H2,11,15);3*1H4;1H3;1H;;1H2/q;;;;;;;;-1;;;/t11-,12+,13+,14+;12-,14+,15+;8-,9+,10+,11+;11-;6-,7+,8+;;;;;;;/m11101......./s1. The summed E-state index contributed by atoms with van der Waals surface area (Å²) in [4.78, 5) is 174. The van der Waals surface area contributed by atoms with Gasteiger partial charge >= 0.3 is 24.2 Å². The second-order valence-electron chi connectivity index (χ2n) is 29.3. The Morgan fingerprint density at radius 1 is 0.500 bits per heavy atom. The van der Waals surface area contributed by atoms with Crippen molar-refractivity contribution in [1.82, 2.24) is 45.8 Å². The Balaban J connectivity index is -0.00000138. The molecule has 2 aromatic rings. The number of carboxylic acids is 1. The number of ketones is 2. The summed E-state index contributed by atoms with van der Waals surface area (Å²) in [5, 5.41) is 58.1. The fourth-order valence-electron chi connectivity index (χ4n) is 13.6. The number of primary amides is 4. The third-order valence-electron chi connectivity index (χ3n) is 19.7. The number of rotatable bonds is 25. The zero-order valence-electron chi connectivity index (χ0n) is 65.6. The van der Waals surface area contributed by atoms with Crippen LogP contribution in [0.1, 0.15) is 172 Å². The van der Waals surface area contributed by atoms with Gasteiger partial charge in [0.25, 0.3) is 0 Å². The molecule has 664 valence electrons. The van der Waals surface area contributed by atoms with Crippen LogP contribution in [-0.2, 0) is 101 Å². The topological polar surface area (TPSA) is 536 Å². The fourth-order valence-corrected chi connectivity index (χ4v) is 13.6. The van der Waals surface area contributed by atoms with Crippen molar-refractivity contribution in [2.24, 2.45) is 46.6 Å². The third kappa shape index (κ3) is 35.2. The van der Waals surface area contributed by atoms with Gasteiger partial charge in [-0.25, -0.2) is 19.2 Å². The van der Waals surface area contributed by atoms with Gasteiger partial charge in [-0.05, 0) is 150 Å². The van der Waals surface area contributed by atoms with Gasteiger partial charge in [-0.1, -0.05) is 82.9 Å². The summed E-state index contributed by atoms with van der Waals surface area (Å²) < 4.78 is 15.8. The number of likely N-dealkylation sites (tertiary alicyclic amines) is 5. The number of Topliss-reactive ketones (excluding diaryl/α,β-unsaturated/α-hetero) is 2. The number of nitrogens with two attached hydrogens (primary N) is 4. The molecule has 2 aromatic carbocycles. The molecule has 7 heterocycles. The SMILES string of the molecule is C.C.C.C[C@@H](O)[C@H](CC(=O)[C@@H]1CCCN1)C(N)=O.C[C@@H](O)[C@H](CC(=O)[C@@H]1CCCN1C(=O)OCc1ccccc1)C(N)=O.C[C@@H](O)[C@H](NC(=O)[C@@H]1CCCN1C(=O)[C@H]1CCN(C(=O)OC(C)(C)C)C1)C(N)=O.C[C@@H](O)[C@H](NC(=O)[C@@H]1CCCN1C(=O)[C@H]1CCNC1)C(N)=O.Cl.O=C(O)[C@@H]1CCCN1C(=O)OCc1ccccc1.S.[CH3-].[Pd]. The summed E-state index contributed by atoms with van der Waals surface area (Å²) in [6, 6.07) is 13.4. The molecule has 116 heavy (non-hydrogen) atoms. The van der Waals surface area contributed by atoms with E-state index < -0.39 is 144 Å². The van der Waals surface area contributed by atoms with Crippen LogP contribution in [0.25, 0.3) is 0 Å². The summed E-state index contributed by atoms with van der Waals surface area (Å²) >= 11 is 0. The largest absolute Gasteiger partial charge is 0.480 e. The van der Waals surface area contributed by atoms with Crippen LogP contribution in [0.3, 0.4) is 0 Å². The smallest absolute Gasteiger partial charge is 0.410 e. The number of hydrogen-bond acceptors (Lipinski definition) is 23. The van der Waals surface area contributed by atoms with Crippen molar-refractivity contribution < 1.29 is 127 Å². The summed E-state index contributed by atoms with van der Waals surface area (Å²) in [6.45, 7) is 16.1. The molecule has 0 radical (unpaired) electrons. The molecule has 0 aromatic heterocycles. The average Bonchev–Trinajstić information content (AvgIpc) is 1.65. The van der Waals surface area contributed by atoms with Crippen LogP contribution in [0, 0.1) is 31.1 Å². The van der Waals surface area contributed by atoms with Gasteiger partial charge in [0, 0.05) is 79.1 Å². The number of carboxylic acid groups (broad SMARTS) is 1. The van der Waals surface area contributed by atoms with Gasteiger partial charge in [0.05, 0.1) is 60.2 Å². The monoisotopic (exact) mass is 1770 g/mol. The van der Waals surface area contributed by atoms with Gasteiger partial charge in [-0.2, -0.15) is 13.5 Å². The average molecular weight is 1780 g/mol. The summed E-state index contributed by atoms with van der Waals surface area (Å²) in [5.74, 6) is -7.60. The molecule has 0 spiro atoms. The Morgan fingerprint density at radius 2 is 0.897 bits per heavy atom. The van der Waals surface area contributed by atoms with Gasteiger partial charge < -0.3 is 106 Å². The molecule has 7 fully saturated rings. The van der Waals surface area contributed by atoms with Crippen LogP contribution in [-0.4, -0.2) is 264 Å². The minimum Gasteiger partial charge on any atom is -0.480 e. The van der Waals surface area contributed by atoms with E-state index >= 15 is 0 Å². The second-order valence-corrected chi connectivity index (χ2v) is 29.3. The Labute approximate surface area is 709 Å². The van der Waals surface area contributed by atoms with E-state index in [1.54, 1.807) is 25.7 Å². The molecule has 38 heteroatoms. The first-order valence-electron chi connectivity index (χ1n) is 37.2. The van der Waals surface area contributed by atoms with Crippen LogP contribution in [0.15, 0.2) is 60.7 Å². The predicted octanol–water partition coefficient (Wildman–Crippen LogP) is 2.69. The number of nitrogens with one attached hydrogen (secondary N) is 4. The minimum atomic E-state index is -1.21. The summed E-state index contributed by atoms with van der Waals surface area (Å²) in [6.07, 6.45) is 2.10. The maximum atomic E-state index is 13.0. The third-order valence-corrected chi connectivity index (χ3v) is 19.7. The van der Waals surface area contributed by atoms with E-state index in [1.165, 1.54) is 47.3 Å². The van der Waals surface area contributed by atoms with Crippen LogP contribution >= 0.6 is 25.9 Å². The molecule has 35 nitrogen and oxygen atoms in total. The molecule has 15 atom stereocenters. The number of carbonyl (C=O) groups is 14. The Bertz CT molecular complexity index is 3430. The number of benzene rings is 2. The van der Waals surface area contributed by atoms with E-state index in [1.807, 2.05) is 60.7 Å². The van der Waals surface area contributed by atoms with Crippen LogP contribution in [0.2, 0.25) is 0 Å². The molecule has 7 saturated heterocycles.